The number of unbranched alkanes of at least 4 members (excludes halogenated alkanes) is 2. The molecule has 1 N–H and O–H groups in total. The van der Waals surface area contributed by atoms with Gasteiger partial charge in [-0.2, -0.15) is 0 Å². The van der Waals surface area contributed by atoms with Gasteiger partial charge in [-0.15, -0.1) is 0 Å². The van der Waals surface area contributed by atoms with Crippen LogP contribution in [0.1, 0.15) is 40.0 Å². The van der Waals surface area contributed by atoms with E-state index in [0.717, 1.165) is 19.3 Å². The molecular formula is C14H28N4O4. The first-order valence-corrected chi connectivity index (χ1v) is 7.59. The summed E-state index contributed by atoms with van der Waals surface area (Å²) >= 11 is 0. The molecule has 0 fully saturated rings. The van der Waals surface area contributed by atoms with Crippen molar-refractivity contribution < 1.29 is 19.0 Å². The van der Waals surface area contributed by atoms with Gasteiger partial charge in [-0.25, -0.2) is 4.79 Å². The van der Waals surface area contributed by atoms with Gasteiger partial charge in [0.1, 0.15) is 5.60 Å². The number of hydrogen-bond donors (Lipinski definition) is 1. The maximum atomic E-state index is 11.3. The maximum absolute atomic E-state index is 11.3. The summed E-state index contributed by atoms with van der Waals surface area (Å²) in [7, 11) is 0. The number of azide groups is 1. The van der Waals surface area contributed by atoms with Crippen molar-refractivity contribution in [3.63, 3.8) is 0 Å². The van der Waals surface area contributed by atoms with E-state index in [1.54, 1.807) is 0 Å². The molecule has 8 heteroatoms. The number of nitrogens with zero attached hydrogens (tertiary/aromatic N) is 3. The largest absolute Gasteiger partial charge is 0.444 e. The van der Waals surface area contributed by atoms with Gasteiger partial charge >= 0.3 is 6.09 Å². The first kappa shape index (κ1) is 20.5. The fourth-order valence-corrected chi connectivity index (χ4v) is 1.47. The smallest absolute Gasteiger partial charge is 0.407 e. The number of carbonyl (C=O) groups excluding carboxylic acids is 1. The molecule has 0 spiro atoms. The molecule has 0 bridgehead atoms. The zero-order valence-electron chi connectivity index (χ0n) is 13.8. The van der Waals surface area contributed by atoms with Crippen LogP contribution in [0.3, 0.4) is 0 Å². The zero-order chi connectivity index (χ0) is 16.7. The predicted molar refractivity (Wildman–Crippen MR) is 83.7 cm³/mol. The zero-order valence-corrected chi connectivity index (χ0v) is 13.8. The van der Waals surface area contributed by atoms with E-state index in [0.29, 0.717) is 39.5 Å². The average Bonchev–Trinajstić information content (AvgIpc) is 2.42. The van der Waals surface area contributed by atoms with Crippen molar-refractivity contribution in [1.82, 2.24) is 5.32 Å². The highest BCUT2D eigenvalue weighted by Gasteiger charge is 2.15. The van der Waals surface area contributed by atoms with E-state index in [-0.39, 0.29) is 0 Å². The van der Waals surface area contributed by atoms with Crippen molar-refractivity contribution in [3.05, 3.63) is 10.4 Å². The molecule has 0 heterocycles. The Kier molecular flexibility index (Phi) is 12.3. The molecule has 1 amide bonds. The van der Waals surface area contributed by atoms with Gasteiger partial charge in [0.25, 0.3) is 0 Å². The molecule has 0 aromatic rings. The first-order valence-electron chi connectivity index (χ1n) is 7.59. The van der Waals surface area contributed by atoms with Crippen LogP contribution in [-0.2, 0) is 14.2 Å². The van der Waals surface area contributed by atoms with E-state index in [1.165, 1.54) is 0 Å². The third-order valence-electron chi connectivity index (χ3n) is 2.40. The minimum absolute atomic E-state index is 0.411. The number of alkyl carbamates (subject to hydrolysis) is 1. The standard InChI is InChI=1S/C14H28N4O4/c1-14(2,3)22-13(19)16-8-10-21-12-11-20-9-6-4-5-7-17-18-15/h4-12H2,1-3H3,(H,16,19). The summed E-state index contributed by atoms with van der Waals surface area (Å²) in [6.45, 7) is 8.53. The Morgan fingerprint density at radius 1 is 1.09 bits per heavy atom. The fourth-order valence-electron chi connectivity index (χ4n) is 1.47. The van der Waals surface area contributed by atoms with Gasteiger partial charge in [0.05, 0.1) is 19.8 Å². The number of amides is 1. The molecule has 0 aliphatic carbocycles. The first-order chi connectivity index (χ1) is 10.5. The number of ether oxygens (including phenoxy) is 3. The van der Waals surface area contributed by atoms with Crippen LogP contribution in [0.5, 0.6) is 0 Å². The normalized spacial score (nSPS) is 10.9. The van der Waals surface area contributed by atoms with Gasteiger partial charge in [-0.1, -0.05) is 11.5 Å². The highest BCUT2D eigenvalue weighted by atomic mass is 16.6. The summed E-state index contributed by atoms with van der Waals surface area (Å²) in [5.74, 6) is 0. The van der Waals surface area contributed by atoms with Gasteiger partial charge in [0.15, 0.2) is 0 Å². The van der Waals surface area contributed by atoms with E-state index in [9.17, 15) is 4.79 Å². The second-order valence-electron chi connectivity index (χ2n) is 5.67. The lowest BCUT2D eigenvalue weighted by atomic mass is 10.2. The lowest BCUT2D eigenvalue weighted by Gasteiger charge is -2.19. The lowest BCUT2D eigenvalue weighted by molar-refractivity contribution is 0.0391. The van der Waals surface area contributed by atoms with Crippen LogP contribution in [0, 0.1) is 0 Å². The van der Waals surface area contributed by atoms with Crippen LogP contribution in [0.2, 0.25) is 0 Å². The molecule has 0 radical (unpaired) electrons. The van der Waals surface area contributed by atoms with Gasteiger partial charge < -0.3 is 19.5 Å². The van der Waals surface area contributed by atoms with E-state index in [1.807, 2.05) is 20.8 Å². The molecule has 0 unspecified atom stereocenters. The summed E-state index contributed by atoms with van der Waals surface area (Å²) in [6, 6.07) is 0. The van der Waals surface area contributed by atoms with Crippen molar-refractivity contribution in [3.8, 4) is 0 Å². The quantitative estimate of drug-likeness (QED) is 0.258. The van der Waals surface area contributed by atoms with Crippen molar-refractivity contribution in [2.45, 2.75) is 45.6 Å². The minimum atomic E-state index is -0.486. The number of carbonyl (C=O) groups is 1. The van der Waals surface area contributed by atoms with Gasteiger partial charge in [0, 0.05) is 24.6 Å². The Balaban J connectivity index is 3.20. The van der Waals surface area contributed by atoms with E-state index in [2.05, 4.69) is 15.3 Å². The molecule has 0 rings (SSSR count). The third kappa shape index (κ3) is 16.6. The average molecular weight is 316 g/mol. The SMILES string of the molecule is CC(C)(C)OC(=O)NCCOCCOCCCCCN=[N+]=[N-]. The molecule has 0 saturated heterocycles. The summed E-state index contributed by atoms with van der Waals surface area (Å²) in [5, 5.41) is 6.07. The van der Waals surface area contributed by atoms with Crippen molar-refractivity contribution in [2.24, 2.45) is 5.11 Å². The Morgan fingerprint density at radius 3 is 2.41 bits per heavy atom. The van der Waals surface area contributed by atoms with Crippen LogP contribution in [-0.4, -0.2) is 51.2 Å². The maximum Gasteiger partial charge on any atom is 0.407 e. The number of hydrogen-bond acceptors (Lipinski definition) is 5. The second kappa shape index (κ2) is 13.2. The summed E-state index contributed by atoms with van der Waals surface area (Å²) in [6.07, 6.45) is 2.38. The molecular weight excluding hydrogens is 288 g/mol. The van der Waals surface area contributed by atoms with Crippen LogP contribution in [0.4, 0.5) is 4.79 Å². The van der Waals surface area contributed by atoms with Gasteiger partial charge in [-0.05, 0) is 39.1 Å². The summed E-state index contributed by atoms with van der Waals surface area (Å²) in [4.78, 5) is 14.0. The molecule has 0 aromatic heterocycles. The van der Waals surface area contributed by atoms with Crippen molar-refractivity contribution >= 4 is 6.09 Å². The van der Waals surface area contributed by atoms with E-state index < -0.39 is 11.7 Å². The molecule has 8 nitrogen and oxygen atoms in total. The van der Waals surface area contributed by atoms with E-state index >= 15 is 0 Å². The lowest BCUT2D eigenvalue weighted by Crippen LogP contribution is -2.34. The fraction of sp³-hybridized carbons (Fsp3) is 0.929. The van der Waals surface area contributed by atoms with E-state index in [4.69, 9.17) is 19.7 Å². The molecule has 0 saturated carbocycles. The van der Waals surface area contributed by atoms with Crippen LogP contribution >= 0.6 is 0 Å². The second-order valence-corrected chi connectivity index (χ2v) is 5.67. The molecule has 0 aliphatic heterocycles. The van der Waals surface area contributed by atoms with Crippen LogP contribution in [0.15, 0.2) is 5.11 Å². The Morgan fingerprint density at radius 2 is 1.77 bits per heavy atom. The topological polar surface area (TPSA) is 106 Å². The Labute approximate surface area is 132 Å². The molecule has 22 heavy (non-hydrogen) atoms. The third-order valence-corrected chi connectivity index (χ3v) is 2.40. The molecule has 0 aliphatic rings. The summed E-state index contributed by atoms with van der Waals surface area (Å²) < 4.78 is 15.8. The molecule has 0 aromatic carbocycles. The van der Waals surface area contributed by atoms with Crippen LogP contribution in [0.25, 0.3) is 10.4 Å². The van der Waals surface area contributed by atoms with Gasteiger partial charge in [-0.3, -0.25) is 0 Å². The van der Waals surface area contributed by atoms with Crippen LogP contribution < -0.4 is 5.32 Å². The molecule has 128 valence electrons. The Hall–Kier alpha value is -1.50. The predicted octanol–water partition coefficient (Wildman–Crippen LogP) is 3.02. The van der Waals surface area contributed by atoms with Crippen molar-refractivity contribution in [2.75, 3.05) is 39.5 Å². The highest BCUT2D eigenvalue weighted by molar-refractivity contribution is 5.67. The summed E-state index contributed by atoms with van der Waals surface area (Å²) in [5.41, 5.74) is 7.61. The highest BCUT2D eigenvalue weighted by Crippen LogP contribution is 2.06. The minimum Gasteiger partial charge on any atom is -0.444 e. The van der Waals surface area contributed by atoms with Crippen molar-refractivity contribution in [1.29, 1.82) is 0 Å². The monoisotopic (exact) mass is 316 g/mol. The number of rotatable bonds is 12. The molecule has 0 atom stereocenters. The number of nitrogens with one attached hydrogen (secondary N) is 1. The Bertz CT molecular complexity index is 338. The van der Waals surface area contributed by atoms with Gasteiger partial charge in [0.2, 0.25) is 0 Å².